The summed E-state index contributed by atoms with van der Waals surface area (Å²) in [5.41, 5.74) is 1.03. The minimum absolute atomic E-state index is 0.00402. The fraction of sp³-hybridized carbons (Fsp3) is 0.412. The van der Waals surface area contributed by atoms with Gasteiger partial charge < -0.3 is 0 Å². The molecule has 1 amide bonds. The van der Waals surface area contributed by atoms with E-state index < -0.39 is 0 Å². The molecule has 0 unspecified atom stereocenters. The molecule has 0 atom stereocenters. The first-order valence-electron chi connectivity index (χ1n) is 7.84. The van der Waals surface area contributed by atoms with Crippen LogP contribution >= 0.6 is 0 Å². The van der Waals surface area contributed by atoms with Crippen molar-refractivity contribution >= 4 is 32.2 Å². The molecule has 0 spiro atoms. The molecule has 1 aliphatic carbocycles. The number of aromatic hydroxyl groups is 2. The van der Waals surface area contributed by atoms with Crippen LogP contribution in [0, 0.1) is 0 Å². The van der Waals surface area contributed by atoms with Gasteiger partial charge in [-0.1, -0.05) is 0 Å². The first-order valence-corrected chi connectivity index (χ1v) is 8.69. The molecule has 1 saturated heterocycles. The summed E-state index contributed by atoms with van der Waals surface area (Å²) < 4.78 is 0.811. The molecule has 3 rings (SSSR count). The molecule has 1 aliphatic heterocycles. The van der Waals surface area contributed by atoms with E-state index in [1.54, 1.807) is 12.1 Å². The van der Waals surface area contributed by atoms with Crippen molar-refractivity contribution in [3.63, 3.8) is 0 Å². The van der Waals surface area contributed by atoms with E-state index in [0.717, 1.165) is 30.3 Å². The molecule has 0 radical (unpaired) electrons. The number of hydrogen-bond acceptors (Lipinski definition) is 4. The number of carbonyl (C=O) groups excluding carboxylic acids is 1. The van der Waals surface area contributed by atoms with Crippen LogP contribution in [0.3, 0.4) is 0 Å². The molecule has 2 N–H and O–H groups in total. The van der Waals surface area contributed by atoms with E-state index in [9.17, 15) is 15.0 Å². The van der Waals surface area contributed by atoms with Gasteiger partial charge in [-0.25, -0.2) is 0 Å². The molecule has 6 heteroatoms. The van der Waals surface area contributed by atoms with Crippen molar-refractivity contribution < 1.29 is 15.0 Å². The molecule has 1 aromatic rings. The van der Waals surface area contributed by atoms with Gasteiger partial charge in [-0.15, -0.1) is 0 Å². The SMILES string of the molecule is CN1C(=[Se])N(C2CCCCC2)C(=O)/C1=C\c1ccc(O)cc1O. The van der Waals surface area contributed by atoms with Gasteiger partial charge in [0.2, 0.25) is 0 Å². The molecule has 0 aromatic heterocycles. The van der Waals surface area contributed by atoms with Crippen molar-refractivity contribution in [1.29, 1.82) is 0 Å². The van der Waals surface area contributed by atoms with Crippen LogP contribution in [-0.2, 0) is 4.79 Å². The van der Waals surface area contributed by atoms with Gasteiger partial charge in [0.05, 0.1) is 0 Å². The van der Waals surface area contributed by atoms with Crippen molar-refractivity contribution in [2.45, 2.75) is 38.1 Å². The van der Waals surface area contributed by atoms with Gasteiger partial charge in [-0.3, -0.25) is 0 Å². The average Bonchev–Trinajstić information content (AvgIpc) is 2.74. The van der Waals surface area contributed by atoms with Gasteiger partial charge >= 0.3 is 143 Å². The van der Waals surface area contributed by atoms with Gasteiger partial charge in [0, 0.05) is 0 Å². The normalized spacial score (nSPS) is 21.5. The van der Waals surface area contributed by atoms with Crippen molar-refractivity contribution in [3.8, 4) is 11.5 Å². The van der Waals surface area contributed by atoms with Crippen molar-refractivity contribution in [1.82, 2.24) is 9.80 Å². The third kappa shape index (κ3) is 3.01. The Balaban J connectivity index is 1.92. The molecular weight excluding hydrogens is 359 g/mol. The summed E-state index contributed by atoms with van der Waals surface area (Å²) in [5.74, 6) is -0.0901. The topological polar surface area (TPSA) is 64.0 Å². The summed E-state index contributed by atoms with van der Waals surface area (Å²) >= 11 is 3.01. The summed E-state index contributed by atoms with van der Waals surface area (Å²) in [6.45, 7) is 0. The standard InChI is InChI=1S/C17H20N2O3Se/c1-18-14(9-11-7-8-13(20)10-15(11)21)16(22)19(17(18)23)12-5-3-2-4-6-12/h7-10,12,20-21H,2-6H2,1H3/b14-9+. The molecule has 1 saturated carbocycles. The summed E-state index contributed by atoms with van der Waals surface area (Å²) in [6.07, 6.45) is 7.27. The van der Waals surface area contributed by atoms with Gasteiger partial charge in [0.25, 0.3) is 0 Å². The predicted molar refractivity (Wildman–Crippen MR) is 90.0 cm³/mol. The summed E-state index contributed by atoms with van der Waals surface area (Å²) in [7, 11) is 1.84. The van der Waals surface area contributed by atoms with Crippen LogP contribution in [0.2, 0.25) is 0 Å². The third-order valence-corrected chi connectivity index (χ3v) is 5.53. The van der Waals surface area contributed by atoms with Gasteiger partial charge in [-0.05, 0) is 0 Å². The van der Waals surface area contributed by atoms with E-state index in [-0.39, 0.29) is 23.4 Å². The quantitative estimate of drug-likeness (QED) is 0.608. The maximum atomic E-state index is 12.9. The monoisotopic (exact) mass is 380 g/mol. The van der Waals surface area contributed by atoms with Crippen LogP contribution in [-0.4, -0.2) is 59.3 Å². The molecule has 23 heavy (non-hydrogen) atoms. The second-order valence-corrected chi connectivity index (χ2v) is 6.85. The second kappa shape index (κ2) is 6.38. The zero-order valence-electron chi connectivity index (χ0n) is 13.0. The van der Waals surface area contributed by atoms with E-state index >= 15 is 0 Å². The number of likely N-dealkylation sites (N-methyl/N-ethyl adjacent to an activating group) is 1. The molecular formula is C17H20N2O3Se. The van der Waals surface area contributed by atoms with Crippen LogP contribution in [0.4, 0.5) is 0 Å². The molecule has 2 fully saturated rings. The van der Waals surface area contributed by atoms with Crippen LogP contribution in [0.15, 0.2) is 23.9 Å². The Morgan fingerprint density at radius 3 is 2.57 bits per heavy atom. The Morgan fingerprint density at radius 2 is 1.91 bits per heavy atom. The van der Waals surface area contributed by atoms with Gasteiger partial charge in [0.15, 0.2) is 0 Å². The Hall–Kier alpha value is -1.78. The summed E-state index contributed by atoms with van der Waals surface area (Å²) in [5, 5.41) is 19.3. The van der Waals surface area contributed by atoms with E-state index in [4.69, 9.17) is 0 Å². The van der Waals surface area contributed by atoms with Crippen LogP contribution < -0.4 is 0 Å². The Kier molecular flexibility index (Phi) is 4.46. The van der Waals surface area contributed by atoms with Crippen molar-refractivity contribution in [2.24, 2.45) is 0 Å². The first kappa shape index (κ1) is 16.1. The Bertz CT molecular complexity index is 680. The molecule has 122 valence electrons. The summed E-state index contributed by atoms with van der Waals surface area (Å²) in [6, 6.07) is 4.61. The van der Waals surface area contributed by atoms with E-state index in [1.807, 2.05) is 16.8 Å². The number of phenols is 2. The first-order chi connectivity index (χ1) is 11.0. The van der Waals surface area contributed by atoms with Crippen LogP contribution in [0.1, 0.15) is 37.7 Å². The minimum atomic E-state index is -0.0450. The molecule has 1 heterocycles. The van der Waals surface area contributed by atoms with E-state index in [0.29, 0.717) is 11.3 Å². The predicted octanol–water partition coefficient (Wildman–Crippen LogP) is 1.80. The number of amides is 1. The molecule has 0 bridgehead atoms. The van der Waals surface area contributed by atoms with Crippen molar-refractivity contribution in [2.75, 3.05) is 7.05 Å². The Morgan fingerprint density at radius 1 is 1.22 bits per heavy atom. The maximum absolute atomic E-state index is 12.9. The van der Waals surface area contributed by atoms with Gasteiger partial charge in [-0.2, -0.15) is 0 Å². The van der Waals surface area contributed by atoms with E-state index in [2.05, 4.69) is 15.6 Å². The second-order valence-electron chi connectivity index (χ2n) is 6.08. The molecule has 5 nitrogen and oxygen atoms in total. The number of benzene rings is 1. The van der Waals surface area contributed by atoms with Gasteiger partial charge in [0.1, 0.15) is 0 Å². The zero-order valence-corrected chi connectivity index (χ0v) is 14.7. The summed E-state index contributed by atoms with van der Waals surface area (Å²) in [4.78, 5) is 16.5. The van der Waals surface area contributed by atoms with Crippen molar-refractivity contribution in [3.05, 3.63) is 29.5 Å². The number of phenolic OH excluding ortho intramolecular Hbond substituents is 2. The van der Waals surface area contributed by atoms with Crippen LogP contribution in [0.25, 0.3) is 6.08 Å². The van der Waals surface area contributed by atoms with E-state index in [1.165, 1.54) is 18.6 Å². The van der Waals surface area contributed by atoms with Crippen LogP contribution in [0.5, 0.6) is 11.5 Å². The fourth-order valence-corrected chi connectivity index (χ4v) is 3.93. The number of carbonyl (C=O) groups is 1. The molecule has 2 aliphatic rings. The number of hydrogen-bond donors (Lipinski definition) is 2. The average molecular weight is 379 g/mol. The number of rotatable bonds is 2. The molecule has 1 aromatic carbocycles. The Labute approximate surface area is 143 Å². The zero-order chi connectivity index (χ0) is 16.6. The third-order valence-electron chi connectivity index (χ3n) is 4.54. The fourth-order valence-electron chi connectivity index (χ4n) is 3.24. The number of nitrogens with zero attached hydrogens (tertiary/aromatic N) is 2.